The summed E-state index contributed by atoms with van der Waals surface area (Å²) in [5.41, 5.74) is 2.51. The van der Waals surface area contributed by atoms with Gasteiger partial charge in [-0.3, -0.25) is 0 Å². The first-order valence-corrected chi connectivity index (χ1v) is 9.38. The Morgan fingerprint density at radius 1 is 1.00 bits per heavy atom. The second-order valence-electron chi connectivity index (χ2n) is 6.24. The van der Waals surface area contributed by atoms with E-state index in [1.807, 2.05) is 19.2 Å². The van der Waals surface area contributed by atoms with Crippen LogP contribution in [0.2, 0.25) is 0 Å². The monoisotopic (exact) mass is 308 g/mol. The smallest absolute Gasteiger partial charge is 0.240 e. The maximum atomic E-state index is 12.5. The fourth-order valence-electron chi connectivity index (χ4n) is 3.50. The van der Waals surface area contributed by atoms with E-state index in [1.54, 1.807) is 6.07 Å². The molecule has 0 spiro atoms. The van der Waals surface area contributed by atoms with Crippen LogP contribution in [0.5, 0.6) is 0 Å². The molecular weight excluding hydrogens is 284 g/mol. The van der Waals surface area contributed by atoms with Gasteiger partial charge in [-0.25, -0.2) is 13.1 Å². The van der Waals surface area contributed by atoms with Gasteiger partial charge in [-0.15, -0.1) is 0 Å². The van der Waals surface area contributed by atoms with Crippen molar-refractivity contribution in [2.24, 2.45) is 0 Å². The van der Waals surface area contributed by atoms with Gasteiger partial charge in [0.1, 0.15) is 0 Å². The van der Waals surface area contributed by atoms with Crippen molar-refractivity contribution >= 4 is 10.0 Å². The van der Waals surface area contributed by atoms with Gasteiger partial charge in [0.15, 0.2) is 0 Å². The molecule has 0 heterocycles. The lowest BCUT2D eigenvalue weighted by molar-refractivity contribution is 0.343. The molecule has 1 aromatic rings. The Hall–Kier alpha value is -0.910. The van der Waals surface area contributed by atoms with Crippen molar-refractivity contribution in [1.82, 2.24) is 10.0 Å². The SMILES string of the molecule is CNC1CCC(NS(=O)(=O)c2ccc3c(c2)CCC3)CC1. The highest BCUT2D eigenvalue weighted by Crippen LogP contribution is 2.26. The molecular formula is C16H24N2O2S. The minimum atomic E-state index is -3.38. The van der Waals surface area contributed by atoms with Crippen LogP contribution in [-0.2, 0) is 22.9 Å². The lowest BCUT2D eigenvalue weighted by atomic mass is 9.92. The Labute approximate surface area is 127 Å². The van der Waals surface area contributed by atoms with Gasteiger partial charge in [0.2, 0.25) is 10.0 Å². The van der Waals surface area contributed by atoms with E-state index in [4.69, 9.17) is 0 Å². The minimum absolute atomic E-state index is 0.0767. The van der Waals surface area contributed by atoms with E-state index in [1.165, 1.54) is 11.1 Å². The van der Waals surface area contributed by atoms with Gasteiger partial charge >= 0.3 is 0 Å². The average Bonchev–Trinajstić information content (AvgIpc) is 2.95. The lowest BCUT2D eigenvalue weighted by Crippen LogP contribution is -2.41. The van der Waals surface area contributed by atoms with Gasteiger partial charge in [0.05, 0.1) is 4.90 Å². The van der Waals surface area contributed by atoms with E-state index in [2.05, 4.69) is 10.0 Å². The van der Waals surface area contributed by atoms with Crippen LogP contribution in [0.15, 0.2) is 23.1 Å². The lowest BCUT2D eigenvalue weighted by Gasteiger charge is -2.28. The van der Waals surface area contributed by atoms with Crippen LogP contribution in [0, 0.1) is 0 Å². The Morgan fingerprint density at radius 3 is 2.38 bits per heavy atom. The number of fused-ring (bicyclic) bond motifs is 1. The third kappa shape index (κ3) is 3.30. The molecule has 0 aromatic heterocycles. The van der Waals surface area contributed by atoms with Crippen LogP contribution >= 0.6 is 0 Å². The Kier molecular flexibility index (Phi) is 4.33. The van der Waals surface area contributed by atoms with Gasteiger partial charge in [-0.05, 0) is 75.3 Å². The quantitative estimate of drug-likeness (QED) is 0.894. The first-order valence-electron chi connectivity index (χ1n) is 7.90. The first kappa shape index (κ1) is 15.0. The fraction of sp³-hybridized carbons (Fsp3) is 0.625. The molecule has 3 rings (SSSR count). The molecule has 0 saturated heterocycles. The summed E-state index contributed by atoms with van der Waals surface area (Å²) in [7, 11) is -1.40. The predicted octanol–water partition coefficient (Wildman–Crippen LogP) is 1.98. The molecule has 5 heteroatoms. The standard InChI is InChI=1S/C16H24N2O2S/c1-17-14-6-8-15(9-7-14)18-21(19,20)16-10-5-12-3-2-4-13(12)11-16/h5,10-11,14-15,17-18H,2-4,6-9H2,1H3. The molecule has 1 aromatic carbocycles. The second kappa shape index (κ2) is 6.07. The summed E-state index contributed by atoms with van der Waals surface area (Å²) < 4.78 is 27.9. The second-order valence-corrected chi connectivity index (χ2v) is 7.96. The number of nitrogens with one attached hydrogen (secondary N) is 2. The number of rotatable bonds is 4. The molecule has 0 unspecified atom stereocenters. The van der Waals surface area contributed by atoms with Crippen LogP contribution in [-0.4, -0.2) is 27.5 Å². The Balaban J connectivity index is 1.70. The molecule has 116 valence electrons. The molecule has 4 nitrogen and oxygen atoms in total. The van der Waals surface area contributed by atoms with Crippen LogP contribution in [0.1, 0.15) is 43.2 Å². The zero-order chi connectivity index (χ0) is 14.9. The van der Waals surface area contributed by atoms with Crippen LogP contribution in [0.3, 0.4) is 0 Å². The highest BCUT2D eigenvalue weighted by molar-refractivity contribution is 7.89. The molecule has 0 amide bonds. The molecule has 0 aliphatic heterocycles. The number of benzene rings is 1. The van der Waals surface area contributed by atoms with Gasteiger partial charge < -0.3 is 5.32 Å². The average molecular weight is 308 g/mol. The summed E-state index contributed by atoms with van der Waals surface area (Å²) in [6.45, 7) is 0. The van der Waals surface area contributed by atoms with Gasteiger partial charge in [-0.2, -0.15) is 0 Å². The summed E-state index contributed by atoms with van der Waals surface area (Å²) in [5, 5.41) is 3.27. The molecule has 2 N–H and O–H groups in total. The number of hydrogen-bond donors (Lipinski definition) is 2. The van der Waals surface area contributed by atoms with Gasteiger partial charge in [0, 0.05) is 12.1 Å². The van der Waals surface area contributed by atoms with Crippen molar-refractivity contribution in [3.8, 4) is 0 Å². The summed E-state index contributed by atoms with van der Waals surface area (Å²) in [6, 6.07) is 6.21. The van der Waals surface area contributed by atoms with Crippen LogP contribution < -0.4 is 10.0 Å². The normalized spacial score (nSPS) is 25.8. The van der Waals surface area contributed by atoms with E-state index >= 15 is 0 Å². The third-order valence-electron chi connectivity index (χ3n) is 4.84. The largest absolute Gasteiger partial charge is 0.317 e. The summed E-state index contributed by atoms with van der Waals surface area (Å²) in [4.78, 5) is 0.430. The molecule has 0 radical (unpaired) electrons. The molecule has 0 atom stereocenters. The minimum Gasteiger partial charge on any atom is -0.317 e. The molecule has 21 heavy (non-hydrogen) atoms. The van der Waals surface area contributed by atoms with E-state index in [0.717, 1.165) is 44.9 Å². The highest BCUT2D eigenvalue weighted by Gasteiger charge is 2.25. The van der Waals surface area contributed by atoms with Crippen molar-refractivity contribution in [1.29, 1.82) is 0 Å². The van der Waals surface area contributed by atoms with Gasteiger partial charge in [-0.1, -0.05) is 6.07 Å². The van der Waals surface area contributed by atoms with Crippen LogP contribution in [0.25, 0.3) is 0 Å². The maximum absolute atomic E-state index is 12.5. The predicted molar refractivity (Wildman–Crippen MR) is 83.9 cm³/mol. The zero-order valence-corrected chi connectivity index (χ0v) is 13.4. The topological polar surface area (TPSA) is 58.2 Å². The van der Waals surface area contributed by atoms with Crippen LogP contribution in [0.4, 0.5) is 0 Å². The van der Waals surface area contributed by atoms with E-state index in [-0.39, 0.29) is 6.04 Å². The summed E-state index contributed by atoms with van der Waals surface area (Å²) >= 11 is 0. The number of sulfonamides is 1. The van der Waals surface area contributed by atoms with Crippen molar-refractivity contribution in [3.05, 3.63) is 29.3 Å². The number of aryl methyl sites for hydroxylation is 2. The summed E-state index contributed by atoms with van der Waals surface area (Å²) in [5.74, 6) is 0. The van der Waals surface area contributed by atoms with Crippen molar-refractivity contribution < 1.29 is 8.42 Å². The fourth-order valence-corrected chi connectivity index (χ4v) is 4.86. The van der Waals surface area contributed by atoms with Crippen molar-refractivity contribution in [3.63, 3.8) is 0 Å². The first-order chi connectivity index (χ1) is 10.1. The summed E-state index contributed by atoms with van der Waals surface area (Å²) in [6.07, 6.45) is 7.12. The number of hydrogen-bond acceptors (Lipinski definition) is 3. The zero-order valence-electron chi connectivity index (χ0n) is 12.6. The maximum Gasteiger partial charge on any atom is 0.240 e. The molecule has 2 aliphatic carbocycles. The molecule has 1 fully saturated rings. The molecule has 1 saturated carbocycles. The highest BCUT2D eigenvalue weighted by atomic mass is 32.2. The van der Waals surface area contributed by atoms with Gasteiger partial charge in [0.25, 0.3) is 0 Å². The van der Waals surface area contributed by atoms with E-state index in [9.17, 15) is 8.42 Å². The van der Waals surface area contributed by atoms with Crippen molar-refractivity contribution in [2.45, 2.75) is 61.9 Å². The van der Waals surface area contributed by atoms with E-state index in [0.29, 0.717) is 10.9 Å². The molecule has 2 aliphatic rings. The Morgan fingerprint density at radius 2 is 1.67 bits per heavy atom. The van der Waals surface area contributed by atoms with Crippen molar-refractivity contribution in [2.75, 3.05) is 7.05 Å². The molecule has 0 bridgehead atoms. The van der Waals surface area contributed by atoms with E-state index < -0.39 is 10.0 Å². The Bertz CT molecular complexity index is 605. The third-order valence-corrected chi connectivity index (χ3v) is 6.36.